The van der Waals surface area contributed by atoms with E-state index in [4.69, 9.17) is 14.6 Å². The first-order chi connectivity index (χ1) is 23.2. The second kappa shape index (κ2) is 13.3. The highest BCUT2D eigenvalue weighted by atomic mass is 32.1. The predicted molar refractivity (Wildman–Crippen MR) is 179 cm³/mol. The van der Waals surface area contributed by atoms with E-state index in [9.17, 15) is 14.4 Å². The monoisotopic (exact) mass is 672 g/mol. The quantitative estimate of drug-likeness (QED) is 0.215. The number of pyridine rings is 1. The maximum absolute atomic E-state index is 12.9. The number of hydrogen-bond acceptors (Lipinski definition) is 12. The summed E-state index contributed by atoms with van der Waals surface area (Å²) >= 11 is 1.41. The van der Waals surface area contributed by atoms with Crippen LogP contribution in [0.15, 0.2) is 42.9 Å². The second-order valence-corrected chi connectivity index (χ2v) is 13.8. The minimum atomic E-state index is -1.06. The summed E-state index contributed by atoms with van der Waals surface area (Å²) in [5.74, 6) is -0.287. The Balaban J connectivity index is 0.898. The van der Waals surface area contributed by atoms with Crippen LogP contribution in [0.25, 0.3) is 21.3 Å². The highest BCUT2D eigenvalue weighted by molar-refractivity contribution is 7.22. The van der Waals surface area contributed by atoms with Crippen molar-refractivity contribution < 1.29 is 29.0 Å². The zero-order chi connectivity index (χ0) is 33.3. The van der Waals surface area contributed by atoms with Gasteiger partial charge in [0.15, 0.2) is 17.5 Å². The molecule has 1 spiro atoms. The summed E-state index contributed by atoms with van der Waals surface area (Å²) < 4.78 is 11.6. The molecule has 0 radical (unpaired) electrons. The van der Waals surface area contributed by atoms with Crippen LogP contribution in [0, 0.1) is 12.3 Å². The van der Waals surface area contributed by atoms with Gasteiger partial charge in [-0.1, -0.05) is 23.8 Å². The summed E-state index contributed by atoms with van der Waals surface area (Å²) in [5.41, 5.74) is 3.99. The maximum atomic E-state index is 12.9. The van der Waals surface area contributed by atoms with E-state index in [-0.39, 0.29) is 24.0 Å². The number of nitrogens with zero attached hydrogens (tertiary/aromatic N) is 6. The van der Waals surface area contributed by atoms with Gasteiger partial charge >= 0.3 is 12.1 Å². The summed E-state index contributed by atoms with van der Waals surface area (Å²) in [6.45, 7) is 4.88. The van der Waals surface area contributed by atoms with Crippen molar-refractivity contribution in [2.75, 3.05) is 54.9 Å². The largest absolute Gasteiger partial charge is 0.479 e. The minimum Gasteiger partial charge on any atom is -0.479 e. The Morgan fingerprint density at radius 2 is 1.75 bits per heavy atom. The number of aliphatic carboxylic acids is 1. The van der Waals surface area contributed by atoms with E-state index in [1.807, 2.05) is 31.2 Å². The second-order valence-electron chi connectivity index (χ2n) is 12.8. The molecule has 0 bridgehead atoms. The van der Waals surface area contributed by atoms with Crippen molar-refractivity contribution in [1.29, 1.82) is 0 Å². The van der Waals surface area contributed by atoms with Gasteiger partial charge in [0.25, 0.3) is 0 Å². The number of aromatic nitrogens is 4. The van der Waals surface area contributed by atoms with E-state index in [0.29, 0.717) is 28.2 Å². The lowest BCUT2D eigenvalue weighted by atomic mass is 9.73. The number of carbonyl (C=O) groups is 3. The van der Waals surface area contributed by atoms with Gasteiger partial charge in [-0.15, -0.1) is 0 Å². The standard InChI is InChI=1S/C33H36N8O6S/c1-20-26(38-32(45)47-23-5-3-2-4-6-23)9-22(11-34-20)21-7-8-25-27(10-21)48-31(37-25)39-28(42)14-40-16-33(17-40)18-41(19-33)30-35-12-24(13-36-30)46-15-29(43)44/h7-13,23H,2-6,14-19H2,1H3,(H,38,45)(H,43,44)(H,37,39,42). The predicted octanol–water partition coefficient (Wildman–Crippen LogP) is 4.56. The van der Waals surface area contributed by atoms with Gasteiger partial charge in [0, 0.05) is 43.4 Å². The van der Waals surface area contributed by atoms with E-state index in [1.165, 1.54) is 30.2 Å². The molecule has 0 unspecified atom stereocenters. The molecule has 7 rings (SSSR count). The smallest absolute Gasteiger partial charge is 0.411 e. The molecule has 3 fully saturated rings. The normalized spacial score (nSPS) is 17.4. The molecule has 4 aromatic rings. The molecule has 1 aromatic carbocycles. The Bertz CT molecular complexity index is 1830. The van der Waals surface area contributed by atoms with Gasteiger partial charge in [-0.2, -0.15) is 0 Å². The number of benzene rings is 1. The number of hydrogen-bond donors (Lipinski definition) is 3. The van der Waals surface area contributed by atoms with Gasteiger partial charge in [-0.25, -0.2) is 24.5 Å². The summed E-state index contributed by atoms with van der Waals surface area (Å²) in [5, 5.41) is 15.1. The SMILES string of the molecule is Cc1ncc(-c2ccc3nc(NC(=O)CN4CC5(C4)CN(c4ncc(OCC(=O)O)cn4)C5)sc3c2)cc1NC(=O)OC1CCCCC1. The lowest BCUT2D eigenvalue weighted by molar-refractivity contribution is -0.139. The molecule has 0 atom stereocenters. The van der Waals surface area contributed by atoms with Crippen LogP contribution >= 0.6 is 11.3 Å². The highest BCUT2D eigenvalue weighted by Crippen LogP contribution is 2.41. The van der Waals surface area contributed by atoms with Crippen molar-refractivity contribution in [3.8, 4) is 16.9 Å². The lowest BCUT2D eigenvalue weighted by Gasteiger charge is -2.60. The van der Waals surface area contributed by atoms with Crippen LogP contribution in [0.2, 0.25) is 0 Å². The van der Waals surface area contributed by atoms with E-state index in [2.05, 4.69) is 40.4 Å². The zero-order valence-electron chi connectivity index (χ0n) is 26.5. The molecular weight excluding hydrogens is 636 g/mol. The highest BCUT2D eigenvalue weighted by Gasteiger charge is 2.52. The summed E-state index contributed by atoms with van der Waals surface area (Å²) in [6, 6.07) is 7.79. The van der Waals surface area contributed by atoms with Gasteiger partial charge in [-0.05, 0) is 56.4 Å². The van der Waals surface area contributed by atoms with Crippen LogP contribution in [0.3, 0.4) is 0 Å². The van der Waals surface area contributed by atoms with E-state index in [1.54, 1.807) is 6.20 Å². The van der Waals surface area contributed by atoms with Gasteiger partial charge in [0.05, 0.1) is 40.5 Å². The fourth-order valence-corrected chi connectivity index (χ4v) is 7.54. The number of fused-ring (bicyclic) bond motifs is 1. The third-order valence-corrected chi connectivity index (χ3v) is 9.85. The molecule has 3 aliphatic rings. The summed E-state index contributed by atoms with van der Waals surface area (Å²) in [4.78, 5) is 57.9. The number of amides is 2. The molecule has 3 N–H and O–H groups in total. The van der Waals surface area contributed by atoms with Gasteiger partial charge in [-0.3, -0.25) is 20.0 Å². The van der Waals surface area contributed by atoms with E-state index >= 15 is 0 Å². The lowest BCUT2D eigenvalue weighted by Crippen LogP contribution is -2.73. The number of anilines is 3. The maximum Gasteiger partial charge on any atom is 0.411 e. The van der Waals surface area contributed by atoms with Crippen LogP contribution in [0.1, 0.15) is 37.8 Å². The summed E-state index contributed by atoms with van der Waals surface area (Å²) in [7, 11) is 0. The van der Waals surface area contributed by atoms with Crippen LogP contribution in [-0.4, -0.2) is 93.3 Å². The van der Waals surface area contributed by atoms with Gasteiger partial charge in [0.1, 0.15) is 6.10 Å². The Morgan fingerprint density at radius 1 is 0.979 bits per heavy atom. The number of likely N-dealkylation sites (tertiary alicyclic amines) is 1. The molecule has 2 amide bonds. The first kappa shape index (κ1) is 31.7. The van der Waals surface area contributed by atoms with E-state index < -0.39 is 18.7 Å². The number of aryl methyl sites for hydroxylation is 1. The molecule has 14 nitrogen and oxygen atoms in total. The van der Waals surface area contributed by atoms with Crippen LogP contribution in [-0.2, 0) is 14.3 Å². The number of nitrogens with one attached hydrogen (secondary N) is 2. The first-order valence-corrected chi connectivity index (χ1v) is 16.8. The van der Waals surface area contributed by atoms with Crippen molar-refractivity contribution >= 4 is 56.3 Å². The Hall–Kier alpha value is -4.89. The molecule has 250 valence electrons. The van der Waals surface area contributed by atoms with Crippen LogP contribution in [0.5, 0.6) is 5.75 Å². The molecular formula is C33H36N8O6S. The topological polar surface area (TPSA) is 172 Å². The molecule has 5 heterocycles. The fraction of sp³-hybridized carbons (Fsp3) is 0.424. The Labute approximate surface area is 280 Å². The molecule has 15 heteroatoms. The third-order valence-electron chi connectivity index (χ3n) is 8.92. The van der Waals surface area contributed by atoms with E-state index in [0.717, 1.165) is 73.2 Å². The fourth-order valence-electron chi connectivity index (χ4n) is 6.62. The van der Waals surface area contributed by atoms with Crippen molar-refractivity contribution in [3.05, 3.63) is 48.5 Å². The van der Waals surface area contributed by atoms with Crippen molar-refractivity contribution in [1.82, 2.24) is 24.8 Å². The first-order valence-electron chi connectivity index (χ1n) is 16.0. The van der Waals surface area contributed by atoms with Gasteiger partial charge < -0.3 is 24.8 Å². The minimum absolute atomic E-state index is 0.0303. The molecule has 1 saturated carbocycles. The zero-order valence-corrected chi connectivity index (χ0v) is 27.3. The molecule has 1 aliphatic carbocycles. The summed E-state index contributed by atoms with van der Waals surface area (Å²) in [6.07, 6.45) is 9.43. The molecule has 2 saturated heterocycles. The molecule has 48 heavy (non-hydrogen) atoms. The van der Waals surface area contributed by atoms with Crippen molar-refractivity contribution in [3.63, 3.8) is 0 Å². The van der Waals surface area contributed by atoms with Crippen LogP contribution in [0.4, 0.5) is 21.6 Å². The number of ether oxygens (including phenoxy) is 2. The number of carbonyl (C=O) groups excluding carboxylic acids is 2. The number of carboxylic acids is 1. The Morgan fingerprint density at radius 3 is 2.50 bits per heavy atom. The number of thiazole rings is 1. The average Bonchev–Trinajstić information content (AvgIpc) is 3.43. The number of carboxylic acid groups (broad SMARTS) is 1. The third kappa shape index (κ3) is 7.16. The van der Waals surface area contributed by atoms with Crippen molar-refractivity contribution in [2.45, 2.75) is 45.1 Å². The van der Waals surface area contributed by atoms with Crippen LogP contribution < -0.4 is 20.3 Å². The van der Waals surface area contributed by atoms with Crippen molar-refractivity contribution in [2.24, 2.45) is 5.41 Å². The van der Waals surface area contributed by atoms with Gasteiger partial charge in [0.2, 0.25) is 11.9 Å². The molecule has 3 aromatic heterocycles. The average molecular weight is 673 g/mol. The number of rotatable bonds is 10. The Kier molecular flexibility index (Phi) is 8.79. The molecule has 2 aliphatic heterocycles.